The zero-order chi connectivity index (χ0) is 13.3. The van der Waals surface area contributed by atoms with Crippen LogP contribution in [0.25, 0.3) is 0 Å². The first-order chi connectivity index (χ1) is 8.54. The minimum absolute atomic E-state index is 0.0400. The van der Waals surface area contributed by atoms with Gasteiger partial charge in [-0.3, -0.25) is 0 Å². The van der Waals surface area contributed by atoms with Gasteiger partial charge in [0, 0.05) is 12.3 Å². The van der Waals surface area contributed by atoms with Crippen LogP contribution < -0.4 is 16.3 Å². The Morgan fingerprint density at radius 2 is 2.28 bits per heavy atom. The molecule has 9 nitrogen and oxygen atoms in total. The highest BCUT2D eigenvalue weighted by atomic mass is 16.7. The number of anilines is 1. The maximum absolute atomic E-state index is 11.4. The van der Waals surface area contributed by atoms with Crippen molar-refractivity contribution in [1.29, 1.82) is 0 Å². The van der Waals surface area contributed by atoms with E-state index in [4.69, 9.17) is 20.4 Å². The molecule has 0 saturated carbocycles. The molecule has 0 amide bonds. The molecule has 1 aromatic heterocycles. The third-order valence-corrected chi connectivity index (χ3v) is 2.56. The van der Waals surface area contributed by atoms with Crippen molar-refractivity contribution in [3.63, 3.8) is 0 Å². The summed E-state index contributed by atoms with van der Waals surface area (Å²) in [5.41, 5.74) is 4.71. The SMILES string of the molecule is Nc1ccnc(=O)n1O[C@H]1[C@H](O)[C@@H](CO)O[C@H]1O. The fourth-order valence-corrected chi connectivity index (χ4v) is 1.62. The Labute approximate surface area is 101 Å². The van der Waals surface area contributed by atoms with Crippen LogP contribution in [0.1, 0.15) is 0 Å². The Kier molecular flexibility index (Phi) is 3.48. The van der Waals surface area contributed by atoms with Crippen LogP contribution in [-0.2, 0) is 4.74 Å². The molecule has 1 aliphatic rings. The van der Waals surface area contributed by atoms with Gasteiger partial charge in [0.25, 0.3) is 0 Å². The summed E-state index contributed by atoms with van der Waals surface area (Å²) in [5, 5.41) is 28.1. The van der Waals surface area contributed by atoms with Crippen molar-refractivity contribution in [3.05, 3.63) is 22.7 Å². The molecule has 0 spiro atoms. The first-order valence-corrected chi connectivity index (χ1v) is 5.17. The van der Waals surface area contributed by atoms with Crippen LogP contribution in [0.2, 0.25) is 0 Å². The predicted molar refractivity (Wildman–Crippen MR) is 57.2 cm³/mol. The van der Waals surface area contributed by atoms with E-state index in [9.17, 15) is 15.0 Å². The van der Waals surface area contributed by atoms with E-state index in [0.717, 1.165) is 0 Å². The highest BCUT2D eigenvalue weighted by molar-refractivity contribution is 5.24. The molecule has 9 heteroatoms. The summed E-state index contributed by atoms with van der Waals surface area (Å²) in [7, 11) is 0. The van der Waals surface area contributed by atoms with Gasteiger partial charge in [0.2, 0.25) is 6.10 Å². The Bertz CT molecular complexity index is 478. The zero-order valence-corrected chi connectivity index (χ0v) is 9.21. The summed E-state index contributed by atoms with van der Waals surface area (Å²) in [4.78, 5) is 19.9. The van der Waals surface area contributed by atoms with Crippen LogP contribution in [0.5, 0.6) is 0 Å². The zero-order valence-electron chi connectivity index (χ0n) is 9.21. The molecule has 2 rings (SSSR count). The number of ether oxygens (including phenoxy) is 1. The molecule has 0 bridgehead atoms. The van der Waals surface area contributed by atoms with Crippen LogP contribution in [0.4, 0.5) is 5.82 Å². The summed E-state index contributed by atoms with van der Waals surface area (Å²) in [5.74, 6) is -0.0400. The maximum atomic E-state index is 11.4. The van der Waals surface area contributed by atoms with Gasteiger partial charge in [-0.15, -0.1) is 4.73 Å². The molecule has 18 heavy (non-hydrogen) atoms. The van der Waals surface area contributed by atoms with Gasteiger partial charge in [-0.25, -0.2) is 4.79 Å². The molecule has 4 atom stereocenters. The molecule has 0 aromatic carbocycles. The normalized spacial score (nSPS) is 31.5. The van der Waals surface area contributed by atoms with Gasteiger partial charge in [-0.1, -0.05) is 0 Å². The molecular formula is C9H13N3O6. The van der Waals surface area contributed by atoms with Crippen LogP contribution in [0.3, 0.4) is 0 Å². The van der Waals surface area contributed by atoms with Crippen molar-refractivity contribution >= 4 is 5.82 Å². The largest absolute Gasteiger partial charge is 0.396 e. The second-order valence-corrected chi connectivity index (χ2v) is 3.75. The number of nitrogens with zero attached hydrogens (tertiary/aromatic N) is 2. The van der Waals surface area contributed by atoms with Crippen LogP contribution >= 0.6 is 0 Å². The standard InChI is InChI=1S/C9H13N3O6/c10-5-1-2-11-9(16)12(5)18-7-6(14)4(3-13)17-8(7)15/h1-2,4,6-8,13-15H,3,10H2/t4-,6-,7+,8-/m1/s1. The van der Waals surface area contributed by atoms with E-state index in [0.29, 0.717) is 4.73 Å². The first-order valence-electron chi connectivity index (χ1n) is 5.17. The predicted octanol–water partition coefficient (Wildman–Crippen LogP) is -3.31. The molecule has 0 radical (unpaired) electrons. The minimum Gasteiger partial charge on any atom is -0.396 e. The van der Waals surface area contributed by atoms with Crippen molar-refractivity contribution in [2.45, 2.75) is 24.6 Å². The Morgan fingerprint density at radius 3 is 2.83 bits per heavy atom. The van der Waals surface area contributed by atoms with Crippen LogP contribution in [0, 0.1) is 0 Å². The number of nitrogen functional groups attached to an aromatic ring is 1. The molecule has 2 heterocycles. The van der Waals surface area contributed by atoms with E-state index in [1.54, 1.807) is 0 Å². The van der Waals surface area contributed by atoms with Gasteiger partial charge >= 0.3 is 5.69 Å². The van der Waals surface area contributed by atoms with Gasteiger partial charge in [-0.2, -0.15) is 4.98 Å². The van der Waals surface area contributed by atoms with Crippen molar-refractivity contribution in [2.75, 3.05) is 12.3 Å². The van der Waals surface area contributed by atoms with E-state index >= 15 is 0 Å². The van der Waals surface area contributed by atoms with E-state index in [1.807, 2.05) is 0 Å². The number of hydrogen-bond acceptors (Lipinski definition) is 8. The molecule has 1 saturated heterocycles. The molecule has 1 fully saturated rings. The van der Waals surface area contributed by atoms with E-state index < -0.39 is 36.9 Å². The molecular weight excluding hydrogens is 246 g/mol. The monoisotopic (exact) mass is 259 g/mol. The number of aliphatic hydroxyl groups excluding tert-OH is 3. The smallest absolute Gasteiger partial charge is 0.382 e. The topological polar surface area (TPSA) is 140 Å². The first kappa shape index (κ1) is 12.8. The Balaban J connectivity index is 2.21. The average molecular weight is 259 g/mol. The third-order valence-electron chi connectivity index (χ3n) is 2.56. The summed E-state index contributed by atoms with van der Waals surface area (Å²) >= 11 is 0. The van der Waals surface area contributed by atoms with Gasteiger partial charge in [0.1, 0.15) is 18.0 Å². The van der Waals surface area contributed by atoms with E-state index in [1.165, 1.54) is 12.3 Å². The van der Waals surface area contributed by atoms with E-state index in [2.05, 4.69) is 4.98 Å². The quantitative estimate of drug-likeness (QED) is 0.442. The van der Waals surface area contributed by atoms with Gasteiger partial charge in [-0.05, 0) is 0 Å². The molecule has 5 N–H and O–H groups in total. The number of aliphatic hydroxyl groups is 3. The lowest BCUT2D eigenvalue weighted by molar-refractivity contribution is -0.148. The van der Waals surface area contributed by atoms with Crippen molar-refractivity contribution < 1.29 is 24.9 Å². The average Bonchev–Trinajstić information content (AvgIpc) is 2.60. The Hall–Kier alpha value is -1.68. The molecule has 100 valence electrons. The summed E-state index contributed by atoms with van der Waals surface area (Å²) in [6.07, 6.45) is -3.81. The van der Waals surface area contributed by atoms with Crippen molar-refractivity contribution in [1.82, 2.24) is 9.71 Å². The highest BCUT2D eigenvalue weighted by Crippen LogP contribution is 2.20. The number of hydrogen-bond donors (Lipinski definition) is 4. The van der Waals surface area contributed by atoms with Crippen LogP contribution in [0.15, 0.2) is 17.1 Å². The van der Waals surface area contributed by atoms with Gasteiger partial charge < -0.3 is 30.6 Å². The molecule has 0 aliphatic carbocycles. The third kappa shape index (κ3) is 2.16. The maximum Gasteiger partial charge on any atom is 0.382 e. The second-order valence-electron chi connectivity index (χ2n) is 3.75. The molecule has 0 unspecified atom stereocenters. The lowest BCUT2D eigenvalue weighted by atomic mass is 10.1. The highest BCUT2D eigenvalue weighted by Gasteiger charge is 2.45. The van der Waals surface area contributed by atoms with E-state index in [-0.39, 0.29) is 5.82 Å². The lowest BCUT2D eigenvalue weighted by Crippen LogP contribution is -2.46. The number of rotatable bonds is 3. The van der Waals surface area contributed by atoms with Gasteiger partial charge in [0.15, 0.2) is 6.29 Å². The lowest BCUT2D eigenvalue weighted by Gasteiger charge is -2.19. The number of aromatic nitrogens is 2. The van der Waals surface area contributed by atoms with Crippen molar-refractivity contribution in [3.8, 4) is 0 Å². The Morgan fingerprint density at radius 1 is 1.56 bits per heavy atom. The van der Waals surface area contributed by atoms with Gasteiger partial charge in [0.05, 0.1) is 6.61 Å². The number of nitrogens with two attached hydrogens (primary N) is 1. The fourth-order valence-electron chi connectivity index (χ4n) is 1.62. The minimum atomic E-state index is -1.48. The van der Waals surface area contributed by atoms with Crippen LogP contribution in [-0.4, -0.2) is 56.2 Å². The fraction of sp³-hybridized carbons (Fsp3) is 0.556. The summed E-state index contributed by atoms with van der Waals surface area (Å²) < 4.78 is 5.48. The summed E-state index contributed by atoms with van der Waals surface area (Å²) in [6, 6.07) is 1.32. The van der Waals surface area contributed by atoms with Crippen molar-refractivity contribution in [2.24, 2.45) is 0 Å². The molecule has 1 aromatic rings. The second kappa shape index (κ2) is 4.90. The summed E-state index contributed by atoms with van der Waals surface area (Å²) in [6.45, 7) is -0.491. The molecule has 1 aliphatic heterocycles.